The molecule has 1 aromatic rings. The monoisotopic (exact) mass is 239 g/mol. The molecule has 92 valence electrons. The summed E-state index contributed by atoms with van der Waals surface area (Å²) in [6.07, 6.45) is 0. The lowest BCUT2D eigenvalue weighted by Gasteiger charge is -2.12. The minimum Gasteiger partial charge on any atom is -0.352 e. The number of primary amides is 1. The average molecular weight is 239 g/mol. The van der Waals surface area contributed by atoms with Gasteiger partial charge in [-0.25, -0.2) is 9.18 Å². The summed E-state index contributed by atoms with van der Waals surface area (Å²) in [5.41, 5.74) is 5.70. The summed E-state index contributed by atoms with van der Waals surface area (Å²) in [4.78, 5) is 22.1. The molecule has 0 aliphatic heterocycles. The Balaban J connectivity index is 2.67. The molecule has 3 amide bonds. The van der Waals surface area contributed by atoms with E-state index in [1.807, 2.05) is 0 Å². The largest absolute Gasteiger partial charge is 0.352 e. The second-order valence-corrected chi connectivity index (χ2v) is 3.68. The molecule has 0 saturated carbocycles. The van der Waals surface area contributed by atoms with Gasteiger partial charge in [-0.3, -0.25) is 4.79 Å². The maximum atomic E-state index is 13.2. The van der Waals surface area contributed by atoms with Crippen LogP contribution in [0, 0.1) is 12.7 Å². The van der Waals surface area contributed by atoms with Gasteiger partial charge in [0.2, 0.25) is 5.91 Å². The summed E-state index contributed by atoms with van der Waals surface area (Å²) in [6, 6.07) is 2.77. The molecule has 0 aliphatic rings. The minimum absolute atomic E-state index is 0.330. The highest BCUT2D eigenvalue weighted by Crippen LogP contribution is 2.13. The fourth-order valence-corrected chi connectivity index (χ4v) is 1.20. The molecule has 1 atom stereocenters. The third-order valence-corrected chi connectivity index (χ3v) is 2.19. The van der Waals surface area contributed by atoms with E-state index in [-0.39, 0.29) is 0 Å². The van der Waals surface area contributed by atoms with Gasteiger partial charge < -0.3 is 16.4 Å². The molecule has 0 heterocycles. The average Bonchev–Trinajstić information content (AvgIpc) is 2.22. The molecule has 17 heavy (non-hydrogen) atoms. The van der Waals surface area contributed by atoms with Gasteiger partial charge in [-0.15, -0.1) is 0 Å². The van der Waals surface area contributed by atoms with E-state index in [0.29, 0.717) is 11.3 Å². The van der Waals surface area contributed by atoms with Crippen LogP contribution in [-0.4, -0.2) is 18.0 Å². The Morgan fingerprint density at radius 3 is 2.59 bits per heavy atom. The highest BCUT2D eigenvalue weighted by atomic mass is 19.1. The molecule has 5 nitrogen and oxygen atoms in total. The number of anilines is 1. The zero-order valence-corrected chi connectivity index (χ0v) is 9.58. The van der Waals surface area contributed by atoms with Crippen molar-refractivity contribution in [3.63, 3.8) is 0 Å². The van der Waals surface area contributed by atoms with Crippen LogP contribution < -0.4 is 16.4 Å². The molecular formula is C11H14FN3O2. The van der Waals surface area contributed by atoms with Crippen molar-refractivity contribution < 1.29 is 14.0 Å². The molecule has 0 radical (unpaired) electrons. The van der Waals surface area contributed by atoms with Crippen LogP contribution in [0.3, 0.4) is 0 Å². The molecular weight excluding hydrogens is 225 g/mol. The molecule has 0 unspecified atom stereocenters. The Labute approximate surface area is 98.2 Å². The predicted molar refractivity (Wildman–Crippen MR) is 61.9 cm³/mol. The number of rotatable bonds is 3. The molecule has 0 aliphatic carbocycles. The predicted octanol–water partition coefficient (Wildman–Crippen LogP) is 1.13. The number of nitrogens with one attached hydrogen (secondary N) is 2. The van der Waals surface area contributed by atoms with Crippen molar-refractivity contribution in [1.82, 2.24) is 5.32 Å². The minimum atomic E-state index is -0.789. The van der Waals surface area contributed by atoms with Crippen molar-refractivity contribution in [3.05, 3.63) is 29.6 Å². The summed E-state index contributed by atoms with van der Waals surface area (Å²) in [5.74, 6) is -0.870. The van der Waals surface area contributed by atoms with E-state index in [2.05, 4.69) is 10.6 Å². The maximum absolute atomic E-state index is 13.2. The van der Waals surface area contributed by atoms with Crippen LogP contribution in [0.4, 0.5) is 14.9 Å². The normalized spacial score (nSPS) is 11.7. The van der Waals surface area contributed by atoms with E-state index in [1.165, 1.54) is 13.0 Å². The first-order valence-corrected chi connectivity index (χ1v) is 5.03. The van der Waals surface area contributed by atoms with Crippen molar-refractivity contribution in [2.45, 2.75) is 19.9 Å². The second-order valence-electron chi connectivity index (χ2n) is 3.68. The highest BCUT2D eigenvalue weighted by Gasteiger charge is 2.14. The van der Waals surface area contributed by atoms with Gasteiger partial charge >= 0.3 is 6.03 Å². The van der Waals surface area contributed by atoms with Crippen LogP contribution in [0.15, 0.2) is 18.2 Å². The lowest BCUT2D eigenvalue weighted by atomic mass is 10.2. The summed E-state index contributed by atoms with van der Waals surface area (Å²) < 4.78 is 13.2. The Morgan fingerprint density at radius 2 is 2.06 bits per heavy atom. The van der Waals surface area contributed by atoms with Crippen molar-refractivity contribution in [1.29, 1.82) is 0 Å². The van der Waals surface area contributed by atoms with Crippen LogP contribution in [0.2, 0.25) is 0 Å². The molecule has 4 N–H and O–H groups in total. The van der Waals surface area contributed by atoms with Gasteiger partial charge in [0.1, 0.15) is 11.9 Å². The first-order valence-electron chi connectivity index (χ1n) is 5.03. The Hall–Kier alpha value is -2.11. The Morgan fingerprint density at radius 1 is 1.41 bits per heavy atom. The molecule has 0 aromatic heterocycles. The molecule has 0 fully saturated rings. The van der Waals surface area contributed by atoms with Gasteiger partial charge in [-0.2, -0.15) is 0 Å². The van der Waals surface area contributed by atoms with E-state index in [0.717, 1.165) is 0 Å². The number of carbonyl (C=O) groups excluding carboxylic acids is 2. The smallest absolute Gasteiger partial charge is 0.312 e. The number of amides is 3. The lowest BCUT2D eigenvalue weighted by molar-refractivity contribution is -0.117. The van der Waals surface area contributed by atoms with Gasteiger partial charge in [0.25, 0.3) is 0 Å². The highest BCUT2D eigenvalue weighted by molar-refractivity contribution is 5.96. The fourth-order valence-electron chi connectivity index (χ4n) is 1.20. The second kappa shape index (κ2) is 5.29. The van der Waals surface area contributed by atoms with Gasteiger partial charge in [0.15, 0.2) is 0 Å². The number of halogens is 1. The summed E-state index contributed by atoms with van der Waals surface area (Å²) in [7, 11) is 0. The van der Waals surface area contributed by atoms with E-state index < -0.39 is 23.8 Å². The van der Waals surface area contributed by atoms with E-state index in [4.69, 9.17) is 5.73 Å². The summed E-state index contributed by atoms with van der Waals surface area (Å²) in [6.45, 7) is 3.10. The quantitative estimate of drug-likeness (QED) is 0.738. The van der Waals surface area contributed by atoms with Crippen LogP contribution in [0.1, 0.15) is 12.5 Å². The first-order chi connectivity index (χ1) is 7.90. The number of benzene rings is 1. The number of aryl methyl sites for hydroxylation is 1. The standard InChI is InChI=1S/C11H14FN3O2/c1-6-3-4-8(5-9(6)12)15-10(16)7(2)14-11(13)17/h3-5,7H,1-2H3,(H,15,16)(H3,13,14,17)/t7-/m1/s1. The molecule has 0 spiro atoms. The van der Waals surface area contributed by atoms with Crippen molar-refractivity contribution in [2.24, 2.45) is 5.73 Å². The zero-order valence-electron chi connectivity index (χ0n) is 9.58. The third-order valence-electron chi connectivity index (χ3n) is 2.19. The SMILES string of the molecule is Cc1ccc(NC(=O)[C@@H](C)NC(N)=O)cc1F. The number of carbonyl (C=O) groups is 2. The molecule has 6 heteroatoms. The van der Waals surface area contributed by atoms with Crippen LogP contribution in [-0.2, 0) is 4.79 Å². The van der Waals surface area contributed by atoms with E-state index >= 15 is 0 Å². The molecule has 0 bridgehead atoms. The summed E-state index contributed by atoms with van der Waals surface area (Å²) >= 11 is 0. The van der Waals surface area contributed by atoms with Crippen molar-refractivity contribution in [3.8, 4) is 0 Å². The maximum Gasteiger partial charge on any atom is 0.312 e. The van der Waals surface area contributed by atoms with Gasteiger partial charge in [0, 0.05) is 5.69 Å². The third kappa shape index (κ3) is 3.75. The van der Waals surface area contributed by atoms with Crippen LogP contribution in [0.25, 0.3) is 0 Å². The number of hydrogen-bond donors (Lipinski definition) is 3. The van der Waals surface area contributed by atoms with Crippen LogP contribution >= 0.6 is 0 Å². The van der Waals surface area contributed by atoms with Gasteiger partial charge in [-0.05, 0) is 31.5 Å². The zero-order chi connectivity index (χ0) is 13.0. The Bertz CT molecular complexity index is 448. The first kappa shape index (κ1) is 13.0. The molecule has 1 aromatic carbocycles. The van der Waals surface area contributed by atoms with Crippen molar-refractivity contribution >= 4 is 17.6 Å². The Kier molecular flexibility index (Phi) is 4.03. The van der Waals surface area contributed by atoms with Crippen molar-refractivity contribution in [2.75, 3.05) is 5.32 Å². The van der Waals surface area contributed by atoms with Gasteiger partial charge in [0.05, 0.1) is 0 Å². The number of hydrogen-bond acceptors (Lipinski definition) is 2. The van der Waals surface area contributed by atoms with E-state index in [9.17, 15) is 14.0 Å². The lowest BCUT2D eigenvalue weighted by Crippen LogP contribution is -2.44. The topological polar surface area (TPSA) is 84.2 Å². The summed E-state index contributed by atoms with van der Waals surface area (Å²) in [5, 5.41) is 4.69. The van der Waals surface area contributed by atoms with E-state index in [1.54, 1.807) is 19.1 Å². The number of urea groups is 1. The molecule has 1 rings (SSSR count). The van der Waals surface area contributed by atoms with Crippen LogP contribution in [0.5, 0.6) is 0 Å². The van der Waals surface area contributed by atoms with Gasteiger partial charge in [-0.1, -0.05) is 6.07 Å². The molecule has 0 saturated heterocycles. The number of nitrogens with two attached hydrogens (primary N) is 1. The fraction of sp³-hybridized carbons (Fsp3) is 0.273.